The van der Waals surface area contributed by atoms with Gasteiger partial charge in [-0.15, -0.1) is 10.2 Å². The van der Waals surface area contributed by atoms with E-state index in [9.17, 15) is 0 Å². The van der Waals surface area contributed by atoms with Crippen LogP contribution in [0.4, 0.5) is 0 Å². The van der Waals surface area contributed by atoms with Crippen LogP contribution in [-0.2, 0) is 12.8 Å². The summed E-state index contributed by atoms with van der Waals surface area (Å²) >= 11 is 7.74. The van der Waals surface area contributed by atoms with Gasteiger partial charge < -0.3 is 0 Å². The number of fused-ring (bicyclic) bond motifs is 1. The Morgan fingerprint density at radius 3 is 2.89 bits per heavy atom. The lowest BCUT2D eigenvalue weighted by Gasteiger charge is -1.99. The fourth-order valence-electron chi connectivity index (χ4n) is 1.95. The molecule has 0 amide bonds. The highest BCUT2D eigenvalue weighted by Crippen LogP contribution is 2.22. The number of nitrogens with zero attached hydrogens (tertiary/aromatic N) is 4. The van der Waals surface area contributed by atoms with Gasteiger partial charge in [0.2, 0.25) is 4.96 Å². The maximum Gasteiger partial charge on any atom is 0.234 e. The molecular formula is C13H13ClN4S. The molecule has 0 saturated heterocycles. The van der Waals surface area contributed by atoms with Crippen LogP contribution in [-0.4, -0.2) is 19.8 Å². The van der Waals surface area contributed by atoms with Gasteiger partial charge in [-0.25, -0.2) is 0 Å². The van der Waals surface area contributed by atoms with Crippen LogP contribution in [0.2, 0.25) is 5.02 Å². The van der Waals surface area contributed by atoms with Crippen LogP contribution in [0.5, 0.6) is 0 Å². The van der Waals surface area contributed by atoms with E-state index in [4.69, 9.17) is 11.6 Å². The van der Waals surface area contributed by atoms with Crippen molar-refractivity contribution in [3.63, 3.8) is 0 Å². The predicted octanol–water partition coefficient (Wildman–Crippen LogP) is 3.38. The lowest BCUT2D eigenvalue weighted by Crippen LogP contribution is -1.97. The minimum absolute atomic E-state index is 0.735. The van der Waals surface area contributed by atoms with Gasteiger partial charge >= 0.3 is 0 Å². The van der Waals surface area contributed by atoms with Crippen LogP contribution in [0.25, 0.3) is 4.96 Å². The number of hydrogen-bond acceptors (Lipinski definition) is 4. The van der Waals surface area contributed by atoms with E-state index >= 15 is 0 Å². The summed E-state index contributed by atoms with van der Waals surface area (Å²) in [5.74, 6) is 0.930. The molecule has 19 heavy (non-hydrogen) atoms. The molecule has 98 valence electrons. The maximum absolute atomic E-state index is 6.17. The Balaban J connectivity index is 1.92. The number of benzene rings is 1. The molecule has 0 unspecified atom stereocenters. The number of aryl methyl sites for hydroxylation is 1. The van der Waals surface area contributed by atoms with Crippen molar-refractivity contribution in [2.45, 2.75) is 26.2 Å². The van der Waals surface area contributed by atoms with E-state index in [1.165, 1.54) is 0 Å². The molecule has 0 saturated carbocycles. The second kappa shape index (κ2) is 5.27. The molecule has 3 aromatic rings. The maximum atomic E-state index is 6.17. The molecule has 1 aromatic carbocycles. The summed E-state index contributed by atoms with van der Waals surface area (Å²) in [6.07, 6.45) is 2.67. The molecule has 0 aliphatic carbocycles. The van der Waals surface area contributed by atoms with Crippen LogP contribution in [0, 0.1) is 0 Å². The predicted molar refractivity (Wildman–Crippen MR) is 76.9 cm³/mol. The quantitative estimate of drug-likeness (QED) is 0.740. The van der Waals surface area contributed by atoms with Crippen molar-refractivity contribution >= 4 is 27.9 Å². The first-order chi connectivity index (χ1) is 9.28. The van der Waals surface area contributed by atoms with Crippen molar-refractivity contribution in [2.75, 3.05) is 0 Å². The van der Waals surface area contributed by atoms with Gasteiger partial charge in [0.15, 0.2) is 5.82 Å². The summed E-state index contributed by atoms with van der Waals surface area (Å²) in [4.78, 5) is 0.852. The second-order valence-electron chi connectivity index (χ2n) is 4.32. The molecule has 6 heteroatoms. The van der Waals surface area contributed by atoms with E-state index in [0.29, 0.717) is 0 Å². The van der Waals surface area contributed by atoms with Crippen molar-refractivity contribution in [3.8, 4) is 0 Å². The fourth-order valence-corrected chi connectivity index (χ4v) is 3.03. The van der Waals surface area contributed by atoms with Gasteiger partial charge in [0.25, 0.3) is 0 Å². The van der Waals surface area contributed by atoms with E-state index in [1.807, 2.05) is 28.8 Å². The minimum Gasteiger partial charge on any atom is -0.187 e. The average molecular weight is 293 g/mol. The largest absolute Gasteiger partial charge is 0.234 e. The third-order valence-electron chi connectivity index (χ3n) is 2.87. The zero-order valence-corrected chi connectivity index (χ0v) is 12.1. The van der Waals surface area contributed by atoms with Gasteiger partial charge in [0.1, 0.15) is 5.01 Å². The van der Waals surface area contributed by atoms with E-state index < -0.39 is 0 Å². The average Bonchev–Trinajstić information content (AvgIpc) is 2.94. The molecule has 2 aromatic heterocycles. The molecule has 0 fully saturated rings. The van der Waals surface area contributed by atoms with E-state index in [1.54, 1.807) is 11.3 Å². The molecule has 0 radical (unpaired) electrons. The highest BCUT2D eigenvalue weighted by Gasteiger charge is 2.12. The Kier molecular flexibility index (Phi) is 3.48. The molecule has 3 rings (SSSR count). The van der Waals surface area contributed by atoms with Crippen molar-refractivity contribution in [1.29, 1.82) is 0 Å². The molecule has 0 N–H and O–H groups in total. The van der Waals surface area contributed by atoms with Crippen LogP contribution in [0.3, 0.4) is 0 Å². The molecule has 2 heterocycles. The molecule has 0 spiro atoms. The molecule has 4 nitrogen and oxygen atoms in total. The van der Waals surface area contributed by atoms with E-state index in [2.05, 4.69) is 22.2 Å². The SMILES string of the molecule is CCCc1nnc2sc(Cc3ccccc3Cl)nn12. The third-order valence-corrected chi connectivity index (χ3v) is 4.14. The van der Waals surface area contributed by atoms with Crippen LogP contribution in [0.1, 0.15) is 29.7 Å². The minimum atomic E-state index is 0.735. The van der Waals surface area contributed by atoms with Crippen LogP contribution < -0.4 is 0 Å². The summed E-state index contributed by atoms with van der Waals surface area (Å²) in [7, 11) is 0. The topological polar surface area (TPSA) is 43.1 Å². The summed E-state index contributed by atoms with van der Waals surface area (Å²) < 4.78 is 1.85. The molecule has 0 aliphatic rings. The molecule has 0 bridgehead atoms. The standard InChI is InChI=1S/C13H13ClN4S/c1-2-5-11-15-16-13-18(11)17-12(19-13)8-9-6-3-4-7-10(9)14/h3-4,6-7H,2,5,8H2,1H3. The molecule has 0 aliphatic heterocycles. The van der Waals surface area contributed by atoms with Gasteiger partial charge in [-0.3, -0.25) is 0 Å². The Morgan fingerprint density at radius 1 is 1.26 bits per heavy atom. The zero-order valence-electron chi connectivity index (χ0n) is 10.5. The first-order valence-corrected chi connectivity index (χ1v) is 7.40. The zero-order chi connectivity index (χ0) is 13.2. The normalized spacial score (nSPS) is 11.3. The van der Waals surface area contributed by atoms with Gasteiger partial charge in [-0.05, 0) is 18.1 Å². The van der Waals surface area contributed by atoms with E-state index in [0.717, 1.165) is 45.6 Å². The summed E-state index contributed by atoms with van der Waals surface area (Å²) in [6, 6.07) is 7.85. The highest BCUT2D eigenvalue weighted by atomic mass is 35.5. The number of aromatic nitrogens is 4. The van der Waals surface area contributed by atoms with Crippen molar-refractivity contribution < 1.29 is 0 Å². The Labute approximate surface area is 120 Å². The fraction of sp³-hybridized carbons (Fsp3) is 0.308. The third kappa shape index (κ3) is 2.48. The second-order valence-corrected chi connectivity index (χ2v) is 5.77. The molecule has 0 atom stereocenters. The number of rotatable bonds is 4. The van der Waals surface area contributed by atoms with Gasteiger partial charge in [0, 0.05) is 17.9 Å². The summed E-state index contributed by atoms with van der Waals surface area (Å²) in [5, 5.41) is 14.7. The Bertz CT molecular complexity index is 704. The highest BCUT2D eigenvalue weighted by molar-refractivity contribution is 7.16. The smallest absolute Gasteiger partial charge is 0.187 e. The lowest BCUT2D eigenvalue weighted by molar-refractivity contribution is 0.767. The first-order valence-electron chi connectivity index (χ1n) is 6.21. The summed E-state index contributed by atoms with van der Waals surface area (Å²) in [5.41, 5.74) is 1.09. The number of hydrogen-bond donors (Lipinski definition) is 0. The van der Waals surface area contributed by atoms with Gasteiger partial charge in [-0.1, -0.05) is 48.1 Å². The number of halogens is 1. The van der Waals surface area contributed by atoms with Crippen LogP contribution in [0.15, 0.2) is 24.3 Å². The van der Waals surface area contributed by atoms with Gasteiger partial charge in [-0.2, -0.15) is 9.61 Å². The molecular weight excluding hydrogens is 280 g/mol. The van der Waals surface area contributed by atoms with Crippen molar-refractivity contribution in [1.82, 2.24) is 19.8 Å². The summed E-state index contributed by atoms with van der Waals surface area (Å²) in [6.45, 7) is 2.12. The first kappa shape index (κ1) is 12.6. The van der Waals surface area contributed by atoms with Crippen molar-refractivity contribution in [2.24, 2.45) is 0 Å². The van der Waals surface area contributed by atoms with Crippen molar-refractivity contribution in [3.05, 3.63) is 45.7 Å². The van der Waals surface area contributed by atoms with E-state index in [-0.39, 0.29) is 0 Å². The lowest BCUT2D eigenvalue weighted by atomic mass is 10.2. The Hall–Kier alpha value is -1.46. The van der Waals surface area contributed by atoms with Gasteiger partial charge in [0.05, 0.1) is 0 Å². The monoisotopic (exact) mass is 292 g/mol. The Morgan fingerprint density at radius 2 is 2.11 bits per heavy atom. The van der Waals surface area contributed by atoms with Crippen LogP contribution >= 0.6 is 22.9 Å².